The number of rotatable bonds is 25. The average Bonchev–Trinajstić information content (AvgIpc) is 3.91. The van der Waals surface area contributed by atoms with E-state index in [9.17, 15) is 39.5 Å². The van der Waals surface area contributed by atoms with Crippen molar-refractivity contribution < 1.29 is 98.3 Å². The summed E-state index contributed by atoms with van der Waals surface area (Å²) in [5, 5.41) is 41.0. The molecule has 27 nitrogen and oxygen atoms in total. The van der Waals surface area contributed by atoms with Crippen LogP contribution in [0.25, 0.3) is 0 Å². The summed E-state index contributed by atoms with van der Waals surface area (Å²) in [5.41, 5.74) is -0.0148. The fraction of sp³-hybridized carbons (Fsp3) is 0.419. The lowest BCUT2D eigenvalue weighted by molar-refractivity contribution is -0.106. The quantitative estimate of drug-likeness (QED) is 0.0205. The molecular weight excluding hydrogens is 1200 g/mol. The van der Waals surface area contributed by atoms with E-state index >= 15 is 0 Å². The van der Waals surface area contributed by atoms with Crippen molar-refractivity contribution in [1.29, 1.82) is 5.26 Å². The lowest BCUT2D eigenvalue weighted by Crippen LogP contribution is -2.69. The molecule has 4 aliphatic rings. The second kappa shape index (κ2) is 28.6. The molecule has 4 saturated heterocycles. The maximum absolute atomic E-state index is 14.1. The number of H-pyrrole nitrogens is 1. The number of hydrogen-bond acceptors (Lipinski definition) is 25. The van der Waals surface area contributed by atoms with Crippen LogP contribution in [0.5, 0.6) is 11.5 Å². The molecular formula is C43H60N3O24PSi8. The smallest absolute Gasteiger partial charge is 0.541 e. The zero-order valence-electron chi connectivity index (χ0n) is 42.9. The number of nitrogens with one attached hydrogen (secondary N) is 1. The number of aromatic nitrogens is 2. The maximum atomic E-state index is 14.1. The number of aromatic amines is 1. The summed E-state index contributed by atoms with van der Waals surface area (Å²) >= 11 is 0. The van der Waals surface area contributed by atoms with Crippen LogP contribution in [0.4, 0.5) is 0 Å². The van der Waals surface area contributed by atoms with Crippen LogP contribution in [-0.2, 0) is 79.2 Å². The molecule has 0 spiro atoms. The lowest BCUT2D eigenvalue weighted by atomic mass is 9.80. The van der Waals surface area contributed by atoms with Gasteiger partial charge >= 0.3 is 78.4 Å². The number of phosphoric acid groups is 1. The first-order valence-corrected chi connectivity index (χ1v) is 38.5. The number of aliphatic hydroxyl groups is 3. The molecule has 4 N–H and O–H groups in total. The molecule has 4 aliphatic heterocycles. The zero-order valence-corrected chi connectivity index (χ0v) is 53.0. The highest BCUT2D eigenvalue weighted by Crippen LogP contribution is 2.49. The molecule has 7 unspecified atom stereocenters. The van der Waals surface area contributed by atoms with Crippen LogP contribution in [0.15, 0.2) is 94.6 Å². The van der Waals surface area contributed by atoms with Crippen LogP contribution in [0.3, 0.4) is 0 Å². The van der Waals surface area contributed by atoms with E-state index in [1.807, 2.05) is 72.8 Å². The Morgan fingerprint density at radius 3 is 2.28 bits per heavy atom. The summed E-state index contributed by atoms with van der Waals surface area (Å²) in [6.07, 6.45) is -0.630. The Labute approximate surface area is 466 Å². The van der Waals surface area contributed by atoms with Gasteiger partial charge in [-0.05, 0) is 47.9 Å². The Morgan fingerprint density at radius 1 is 0.911 bits per heavy atom. The van der Waals surface area contributed by atoms with Crippen LogP contribution < -0.4 is 20.7 Å². The summed E-state index contributed by atoms with van der Waals surface area (Å²) in [5.74, 6) is 2.07. The van der Waals surface area contributed by atoms with Gasteiger partial charge in [-0.2, -0.15) is 5.26 Å². The minimum Gasteiger partial charge on any atom is -0.562 e. The largest absolute Gasteiger partial charge is 0.562 e. The minimum absolute atomic E-state index is 0.0690. The van der Waals surface area contributed by atoms with Gasteiger partial charge in [-0.25, -0.2) is 9.36 Å². The first-order valence-electron chi connectivity index (χ1n) is 24.9. The normalized spacial score (nSPS) is 27.7. The number of ether oxygens (including phenoxy) is 4. The molecule has 36 heteroatoms. The third-order valence-electron chi connectivity index (χ3n) is 12.3. The van der Waals surface area contributed by atoms with Crippen molar-refractivity contribution in [3.8, 4) is 17.6 Å². The van der Waals surface area contributed by atoms with E-state index in [0.717, 1.165) is 17.0 Å². The predicted octanol–water partition coefficient (Wildman–Crippen LogP) is -0.899. The fourth-order valence-electron chi connectivity index (χ4n) is 8.47. The molecule has 3 aromatic carbocycles. The van der Waals surface area contributed by atoms with Gasteiger partial charge in [-0.3, -0.25) is 23.4 Å². The molecule has 0 saturated carbocycles. The molecule has 5 heterocycles. The van der Waals surface area contributed by atoms with E-state index in [1.54, 1.807) is 26.2 Å². The van der Waals surface area contributed by atoms with Crippen LogP contribution in [-0.4, -0.2) is 171 Å². The highest BCUT2D eigenvalue weighted by molar-refractivity contribution is 7.49. The Morgan fingerprint density at radius 2 is 1.58 bits per heavy atom. The van der Waals surface area contributed by atoms with Gasteiger partial charge in [-0.15, -0.1) is 0 Å². The Bertz CT molecular complexity index is 2880. The molecule has 8 rings (SSSR count). The molecule has 10 atom stereocenters. The van der Waals surface area contributed by atoms with Gasteiger partial charge in [0, 0.05) is 49.9 Å². The molecule has 79 heavy (non-hydrogen) atoms. The molecule has 0 aliphatic carbocycles. The Balaban J connectivity index is 0.956. The van der Waals surface area contributed by atoms with Crippen LogP contribution in [0.1, 0.15) is 47.7 Å². The monoisotopic (exact) mass is 1260 g/mol. The number of carbonyl (C=O) groups excluding carboxylic acids is 1. The second-order valence-corrected chi connectivity index (χ2v) is 37.5. The van der Waals surface area contributed by atoms with Crippen LogP contribution >= 0.6 is 7.82 Å². The maximum Gasteiger partial charge on any atom is 0.541 e. The number of aldehydes is 1. The third kappa shape index (κ3) is 15.6. The summed E-state index contributed by atoms with van der Waals surface area (Å²) < 4.78 is 119. The van der Waals surface area contributed by atoms with Crippen molar-refractivity contribution >= 4 is 94.8 Å². The molecule has 428 valence electrons. The van der Waals surface area contributed by atoms with E-state index in [0.29, 0.717) is 28.9 Å². The number of benzene rings is 3. The molecule has 0 radical (unpaired) electrons. The summed E-state index contributed by atoms with van der Waals surface area (Å²) in [4.78, 5) is 38.7. The number of hydrogen-bond donors (Lipinski definition) is 4. The van der Waals surface area contributed by atoms with Gasteiger partial charge in [0.15, 0.2) is 5.86 Å². The number of methoxy groups -OCH3 is 1. The number of nitrogens with zero attached hydrogens (tertiary/aromatic N) is 2. The van der Waals surface area contributed by atoms with E-state index < -0.39 is 131 Å². The van der Waals surface area contributed by atoms with Gasteiger partial charge in [0.2, 0.25) is 0 Å². The average molecular weight is 1260 g/mol. The first kappa shape index (κ1) is 60.8. The number of fused-ring (bicyclic) bond motifs is 4. The second-order valence-electron chi connectivity index (χ2n) is 17.6. The fourth-order valence-corrected chi connectivity index (χ4v) is 37.3. The highest BCUT2D eigenvalue weighted by atomic mass is 31.2. The molecule has 4 bridgehead atoms. The van der Waals surface area contributed by atoms with Gasteiger partial charge in [0.25, 0.3) is 15.6 Å². The SMILES string of the molecule is COc1ccc(C(OC[C@H]2O[C@@H](n3cc(C)c(=O)[nH]c3=O)C[C@H]2O)(c2ccccc2)c2ccc(OCCCOP(=O)(OC=[Si]3O[SiH2]O[SiH]4O[SiH]5O[SiH2]O[SiH](CC=O)O[Si](CCO)(O5)O[Si](CCO)(O3)O4)OCCC#N)cc2)cc1. The van der Waals surface area contributed by atoms with E-state index in [2.05, 4.69) is 4.98 Å². The zero-order chi connectivity index (χ0) is 55.9. The summed E-state index contributed by atoms with van der Waals surface area (Å²) in [6.45, 7) is -0.00392. The first-order chi connectivity index (χ1) is 38.3. The number of phosphoric ester groups is 1. The Kier molecular flexibility index (Phi) is 22.0. The highest BCUT2D eigenvalue weighted by Gasteiger charge is 2.62. The Hall–Kier alpha value is -4.26. The van der Waals surface area contributed by atoms with Gasteiger partial charge in [-0.1, -0.05) is 54.6 Å². The number of nitriles is 1. The van der Waals surface area contributed by atoms with Crippen LogP contribution in [0, 0.1) is 18.3 Å². The van der Waals surface area contributed by atoms with E-state index in [-0.39, 0.29) is 63.8 Å². The van der Waals surface area contributed by atoms with Gasteiger partial charge in [0.1, 0.15) is 35.7 Å². The standard InChI is InChI=1S/C43H60N3O24PSi8/c1-32-29-46(42(52)45-41(32)51)40-28-38(50)39(60-40)30-56-43(33-8-4-3-5-9-33,34-10-14-36(54-2)15-11-34)35-12-16-37(17-13-35)55-22-7-24-58-71(53,57-23-6-18-44)59-31-75-62-73-64-77-65-76-63-72-61-74(25-19-47)66-78(68-76,26-20-48)70-79(67-75,69-77)27-21-49/h3-5,8-17,19,29,31,38-40,48-50,74,76-77H,6-7,20-28,30,72-73H2,1-2H3,(H,45,51,52)/t38-,39-,40-,43?,71?,74?,76?,77?,78?,79?/m1/s1. The number of aliphatic hydroxyl groups excluding tert-OH is 3. The van der Waals surface area contributed by atoms with Crippen molar-refractivity contribution in [1.82, 2.24) is 9.55 Å². The number of carbonyl (C=O) groups is 1. The van der Waals surface area contributed by atoms with Crippen molar-refractivity contribution in [3.05, 3.63) is 128 Å². The van der Waals surface area contributed by atoms with E-state index in [4.69, 9.17) is 73.7 Å². The molecule has 1 aromatic heterocycles. The summed E-state index contributed by atoms with van der Waals surface area (Å²) in [7, 11) is -26.7. The third-order valence-corrected chi connectivity index (χ3v) is 36.5. The number of aryl methyl sites for hydroxylation is 1. The molecule has 4 fully saturated rings. The topological polar surface area (TPSA) is 330 Å². The van der Waals surface area contributed by atoms with Crippen molar-refractivity contribution in [2.24, 2.45) is 0 Å². The van der Waals surface area contributed by atoms with E-state index in [1.165, 1.54) is 10.8 Å². The molecule has 0 amide bonds. The van der Waals surface area contributed by atoms with Gasteiger partial charge < -0.3 is 84.7 Å². The molecule has 4 aromatic rings. The van der Waals surface area contributed by atoms with Gasteiger partial charge in [0.05, 0.1) is 58.2 Å². The van der Waals surface area contributed by atoms with Crippen molar-refractivity contribution in [2.45, 2.75) is 68.4 Å². The van der Waals surface area contributed by atoms with Crippen LogP contribution in [0.2, 0.25) is 18.1 Å². The lowest BCUT2D eigenvalue weighted by Gasteiger charge is -2.45. The predicted molar refractivity (Wildman–Crippen MR) is 291 cm³/mol. The summed E-state index contributed by atoms with van der Waals surface area (Å²) in [6, 6.07) is 25.5. The van der Waals surface area contributed by atoms with Crippen molar-refractivity contribution in [3.63, 3.8) is 0 Å². The minimum atomic E-state index is -4.49. The van der Waals surface area contributed by atoms with Crippen molar-refractivity contribution in [2.75, 3.05) is 46.8 Å².